The third-order valence-electron chi connectivity index (χ3n) is 7.50. The van der Waals surface area contributed by atoms with Gasteiger partial charge in [0.25, 0.3) is 10.0 Å². The second kappa shape index (κ2) is 15.0. The average molecular weight is 718 g/mol. The first-order valence-corrected chi connectivity index (χ1v) is 17.0. The Morgan fingerprint density at radius 2 is 1.49 bits per heavy atom. The number of sulfonamides is 1. The van der Waals surface area contributed by atoms with E-state index in [4.69, 9.17) is 11.6 Å². The standard InChI is InChI=1S/C36H36ClF4N3O4S/c1-24-14-17-28(18-15-24)49(47,48)44(27-16-19-30(37)29(21-27)36(39,40)41)23-33(45)43(22-26-12-8-9-13-31(26)38)32(34(46)42-35(2,3)4)20-25-10-6-5-7-11-25/h5-19,21,32H,20,22-23H2,1-4H3,(H,42,46). The molecule has 0 aromatic heterocycles. The van der Waals surface area contributed by atoms with Gasteiger partial charge in [-0.15, -0.1) is 0 Å². The SMILES string of the molecule is Cc1ccc(S(=O)(=O)N(CC(=O)N(Cc2ccccc2F)C(Cc2ccccc2)C(=O)NC(C)(C)C)c2ccc(Cl)c(C(F)(F)F)c2)cc1. The van der Waals surface area contributed by atoms with Crippen LogP contribution in [0.15, 0.2) is 102 Å². The molecule has 0 fully saturated rings. The second-order valence-electron chi connectivity index (χ2n) is 12.5. The quantitative estimate of drug-likeness (QED) is 0.162. The number of carbonyl (C=O) groups excluding carboxylic acids is 2. The van der Waals surface area contributed by atoms with Crippen LogP contribution in [0.5, 0.6) is 0 Å². The summed E-state index contributed by atoms with van der Waals surface area (Å²) < 4.78 is 85.8. The van der Waals surface area contributed by atoms with Crippen LogP contribution in [0.1, 0.15) is 43.0 Å². The number of nitrogens with zero attached hydrogens (tertiary/aromatic N) is 2. The van der Waals surface area contributed by atoms with Crippen LogP contribution >= 0.6 is 11.6 Å². The molecule has 1 atom stereocenters. The Morgan fingerprint density at radius 1 is 0.878 bits per heavy atom. The van der Waals surface area contributed by atoms with E-state index < -0.39 is 74.8 Å². The summed E-state index contributed by atoms with van der Waals surface area (Å²) in [6.45, 7) is 5.46. The van der Waals surface area contributed by atoms with E-state index in [1.807, 2.05) is 0 Å². The van der Waals surface area contributed by atoms with Crippen LogP contribution < -0.4 is 9.62 Å². The molecule has 0 heterocycles. The largest absolute Gasteiger partial charge is 0.417 e. The number of carbonyl (C=O) groups is 2. The lowest BCUT2D eigenvalue weighted by atomic mass is 10.0. The molecule has 260 valence electrons. The number of rotatable bonds is 11. The molecule has 0 aliphatic rings. The Labute approximate surface area is 288 Å². The molecule has 0 spiro atoms. The predicted molar refractivity (Wildman–Crippen MR) is 181 cm³/mol. The van der Waals surface area contributed by atoms with Crippen molar-refractivity contribution in [2.24, 2.45) is 0 Å². The van der Waals surface area contributed by atoms with Crippen molar-refractivity contribution in [3.63, 3.8) is 0 Å². The number of benzene rings is 4. The molecule has 4 rings (SSSR count). The van der Waals surface area contributed by atoms with Crippen LogP contribution in [0.3, 0.4) is 0 Å². The summed E-state index contributed by atoms with van der Waals surface area (Å²) in [4.78, 5) is 29.2. The van der Waals surface area contributed by atoms with Crippen molar-refractivity contribution in [2.45, 2.75) is 63.3 Å². The molecule has 2 amide bonds. The van der Waals surface area contributed by atoms with Crippen molar-refractivity contribution in [1.29, 1.82) is 0 Å². The van der Waals surface area contributed by atoms with Gasteiger partial charge in [-0.25, -0.2) is 12.8 Å². The number of hydrogen-bond donors (Lipinski definition) is 1. The van der Waals surface area contributed by atoms with Crippen LogP contribution in [-0.4, -0.2) is 43.3 Å². The fourth-order valence-corrected chi connectivity index (χ4v) is 6.70. The Hall–Kier alpha value is -4.42. The molecule has 4 aromatic rings. The highest BCUT2D eigenvalue weighted by atomic mass is 35.5. The van der Waals surface area contributed by atoms with E-state index in [1.54, 1.807) is 64.1 Å². The third kappa shape index (κ3) is 9.60. The minimum absolute atomic E-state index is 0.0349. The minimum Gasteiger partial charge on any atom is -0.350 e. The smallest absolute Gasteiger partial charge is 0.350 e. The van der Waals surface area contributed by atoms with Crippen LogP contribution in [0.4, 0.5) is 23.2 Å². The molecule has 0 aliphatic carbocycles. The van der Waals surface area contributed by atoms with Crippen molar-refractivity contribution in [3.05, 3.63) is 130 Å². The highest BCUT2D eigenvalue weighted by Crippen LogP contribution is 2.38. The number of amides is 2. The van der Waals surface area contributed by atoms with Gasteiger partial charge < -0.3 is 10.2 Å². The lowest BCUT2D eigenvalue weighted by molar-refractivity contribution is -0.140. The molecule has 1 N–H and O–H groups in total. The zero-order valence-corrected chi connectivity index (χ0v) is 28.8. The van der Waals surface area contributed by atoms with E-state index in [2.05, 4.69) is 5.32 Å². The van der Waals surface area contributed by atoms with Crippen LogP contribution in [0.25, 0.3) is 0 Å². The van der Waals surface area contributed by atoms with E-state index in [1.165, 1.54) is 42.5 Å². The molecular formula is C36H36ClF4N3O4S. The Balaban J connectivity index is 1.89. The summed E-state index contributed by atoms with van der Waals surface area (Å²) in [6, 6.07) is 21.1. The van der Waals surface area contributed by atoms with Gasteiger partial charge in [0, 0.05) is 24.1 Å². The van der Waals surface area contributed by atoms with Gasteiger partial charge in [-0.2, -0.15) is 13.2 Å². The number of anilines is 1. The van der Waals surface area contributed by atoms with E-state index >= 15 is 4.39 Å². The minimum atomic E-state index is -4.95. The fourth-order valence-electron chi connectivity index (χ4n) is 5.07. The van der Waals surface area contributed by atoms with Gasteiger partial charge in [-0.1, -0.05) is 77.8 Å². The summed E-state index contributed by atoms with van der Waals surface area (Å²) in [5.74, 6) is -2.24. The van der Waals surface area contributed by atoms with Crippen molar-refractivity contribution >= 4 is 39.1 Å². The second-order valence-corrected chi connectivity index (χ2v) is 14.8. The molecule has 49 heavy (non-hydrogen) atoms. The van der Waals surface area contributed by atoms with Crippen molar-refractivity contribution in [1.82, 2.24) is 10.2 Å². The first-order chi connectivity index (χ1) is 22.9. The van der Waals surface area contributed by atoms with E-state index in [-0.39, 0.29) is 16.9 Å². The third-order valence-corrected chi connectivity index (χ3v) is 9.62. The van der Waals surface area contributed by atoms with Gasteiger partial charge in [0.1, 0.15) is 18.4 Å². The highest BCUT2D eigenvalue weighted by molar-refractivity contribution is 7.92. The van der Waals surface area contributed by atoms with Crippen molar-refractivity contribution < 1.29 is 35.6 Å². The van der Waals surface area contributed by atoms with Crippen molar-refractivity contribution in [2.75, 3.05) is 10.8 Å². The Kier molecular flexibility index (Phi) is 11.4. The zero-order chi connectivity index (χ0) is 36.1. The van der Waals surface area contributed by atoms with E-state index in [9.17, 15) is 31.2 Å². The summed E-state index contributed by atoms with van der Waals surface area (Å²) in [5.41, 5.74) is -1.14. The van der Waals surface area contributed by atoms with Gasteiger partial charge in [0.15, 0.2) is 0 Å². The van der Waals surface area contributed by atoms with Crippen LogP contribution in [-0.2, 0) is 38.8 Å². The highest BCUT2D eigenvalue weighted by Gasteiger charge is 2.38. The summed E-state index contributed by atoms with van der Waals surface area (Å²) >= 11 is 5.86. The average Bonchev–Trinajstić information content (AvgIpc) is 3.02. The molecule has 0 bridgehead atoms. The summed E-state index contributed by atoms with van der Waals surface area (Å²) in [7, 11) is -4.69. The summed E-state index contributed by atoms with van der Waals surface area (Å²) in [6.07, 6.45) is -4.98. The van der Waals surface area contributed by atoms with Gasteiger partial charge in [0.05, 0.1) is 21.2 Å². The first-order valence-electron chi connectivity index (χ1n) is 15.2. The lowest BCUT2D eigenvalue weighted by Gasteiger charge is -2.35. The molecule has 13 heteroatoms. The van der Waals surface area contributed by atoms with E-state index in [0.717, 1.165) is 22.6 Å². The fraction of sp³-hybridized carbons (Fsp3) is 0.278. The molecule has 1 unspecified atom stereocenters. The van der Waals surface area contributed by atoms with E-state index in [0.29, 0.717) is 15.9 Å². The maximum absolute atomic E-state index is 15.1. The Bertz CT molecular complexity index is 1900. The predicted octanol–water partition coefficient (Wildman–Crippen LogP) is 7.56. The maximum Gasteiger partial charge on any atom is 0.417 e. The number of halogens is 5. The molecule has 0 aliphatic heterocycles. The van der Waals surface area contributed by atoms with Crippen LogP contribution in [0.2, 0.25) is 5.02 Å². The molecule has 0 radical (unpaired) electrons. The number of alkyl halides is 3. The molecule has 0 saturated carbocycles. The molecule has 7 nitrogen and oxygen atoms in total. The summed E-state index contributed by atoms with van der Waals surface area (Å²) in [5, 5.41) is 2.19. The van der Waals surface area contributed by atoms with Crippen LogP contribution in [0, 0.1) is 12.7 Å². The molecular weight excluding hydrogens is 682 g/mol. The zero-order valence-electron chi connectivity index (χ0n) is 27.3. The maximum atomic E-state index is 15.1. The van der Waals surface area contributed by atoms with Gasteiger partial charge in [-0.05, 0) is 69.7 Å². The first kappa shape index (κ1) is 37.4. The normalized spacial score (nSPS) is 12.7. The molecule has 0 saturated heterocycles. The topological polar surface area (TPSA) is 86.8 Å². The monoisotopic (exact) mass is 717 g/mol. The number of nitrogens with one attached hydrogen (secondary N) is 1. The number of hydrogen-bond acceptors (Lipinski definition) is 4. The number of aryl methyl sites for hydroxylation is 1. The van der Waals surface area contributed by atoms with Gasteiger partial charge in [-0.3, -0.25) is 13.9 Å². The van der Waals surface area contributed by atoms with Gasteiger partial charge >= 0.3 is 6.18 Å². The molecule has 4 aromatic carbocycles. The Morgan fingerprint density at radius 3 is 2.08 bits per heavy atom. The van der Waals surface area contributed by atoms with Crippen molar-refractivity contribution in [3.8, 4) is 0 Å². The van der Waals surface area contributed by atoms with Gasteiger partial charge in [0.2, 0.25) is 11.8 Å². The lowest BCUT2D eigenvalue weighted by Crippen LogP contribution is -2.56.